The fourth-order valence-corrected chi connectivity index (χ4v) is 3.30. The molecule has 0 bridgehead atoms. The van der Waals surface area contributed by atoms with Crippen molar-refractivity contribution in [3.05, 3.63) is 46.4 Å². The topological polar surface area (TPSA) is 102 Å². The zero-order chi connectivity index (χ0) is 16.3. The second-order valence-corrected chi connectivity index (χ2v) is 7.14. The van der Waals surface area contributed by atoms with Crippen LogP contribution in [0.5, 0.6) is 11.5 Å². The number of hydrogen-bond donors (Lipinski definition) is 3. The number of halogens is 1. The third kappa shape index (κ3) is 3.70. The van der Waals surface area contributed by atoms with Crippen LogP contribution in [0.4, 0.5) is 5.69 Å². The summed E-state index contributed by atoms with van der Waals surface area (Å²) in [6.07, 6.45) is 0. The zero-order valence-electron chi connectivity index (χ0n) is 11.7. The van der Waals surface area contributed by atoms with Crippen molar-refractivity contribution in [1.82, 2.24) is 4.72 Å². The van der Waals surface area contributed by atoms with Crippen molar-refractivity contribution in [2.75, 3.05) is 12.8 Å². The number of aromatic hydroxyl groups is 1. The maximum Gasteiger partial charge on any atom is 0.240 e. The summed E-state index contributed by atoms with van der Waals surface area (Å²) in [6, 6.07) is 9.09. The predicted octanol–water partition coefficient (Wildman–Crippen LogP) is 2.22. The maximum absolute atomic E-state index is 12.2. The van der Waals surface area contributed by atoms with Gasteiger partial charge in [-0.15, -0.1) is 0 Å². The molecule has 0 fully saturated rings. The molecule has 2 aromatic carbocycles. The quantitative estimate of drug-likeness (QED) is 0.683. The summed E-state index contributed by atoms with van der Waals surface area (Å²) < 4.78 is 32.3. The van der Waals surface area contributed by atoms with Gasteiger partial charge in [-0.3, -0.25) is 0 Å². The molecule has 0 aliphatic rings. The lowest BCUT2D eigenvalue weighted by atomic mass is 10.2. The van der Waals surface area contributed by atoms with Crippen molar-refractivity contribution in [2.45, 2.75) is 11.4 Å². The van der Waals surface area contributed by atoms with E-state index in [9.17, 15) is 13.5 Å². The summed E-state index contributed by atoms with van der Waals surface area (Å²) in [5.41, 5.74) is 6.67. The van der Waals surface area contributed by atoms with E-state index in [2.05, 4.69) is 20.7 Å². The largest absolute Gasteiger partial charge is 0.503 e. The molecule has 118 valence electrons. The molecular weight excluding hydrogens is 372 g/mol. The van der Waals surface area contributed by atoms with Crippen molar-refractivity contribution < 1.29 is 18.3 Å². The third-order valence-corrected chi connectivity index (χ3v) is 4.99. The lowest BCUT2D eigenvalue weighted by Crippen LogP contribution is -2.23. The molecule has 0 spiro atoms. The van der Waals surface area contributed by atoms with Crippen LogP contribution in [-0.2, 0) is 16.6 Å². The summed E-state index contributed by atoms with van der Waals surface area (Å²) >= 11 is 3.19. The Labute approximate surface area is 137 Å². The van der Waals surface area contributed by atoms with E-state index in [0.29, 0.717) is 15.7 Å². The monoisotopic (exact) mass is 386 g/mol. The van der Waals surface area contributed by atoms with Gasteiger partial charge in [0.05, 0.1) is 16.5 Å². The number of rotatable bonds is 5. The third-order valence-electron chi connectivity index (χ3n) is 2.96. The van der Waals surface area contributed by atoms with Crippen molar-refractivity contribution in [1.29, 1.82) is 0 Å². The van der Waals surface area contributed by atoms with Crippen LogP contribution in [0.2, 0.25) is 0 Å². The van der Waals surface area contributed by atoms with Gasteiger partial charge in [-0.25, -0.2) is 13.1 Å². The first-order chi connectivity index (χ1) is 10.3. The lowest BCUT2D eigenvalue weighted by Gasteiger charge is -2.10. The number of phenols is 1. The minimum absolute atomic E-state index is 0.0346. The number of nitrogens with one attached hydrogen (secondary N) is 1. The Morgan fingerprint density at radius 2 is 1.91 bits per heavy atom. The molecule has 0 aliphatic heterocycles. The first-order valence-electron chi connectivity index (χ1n) is 6.24. The van der Waals surface area contributed by atoms with E-state index in [1.807, 2.05) is 0 Å². The molecule has 0 radical (unpaired) electrons. The SMILES string of the molecule is COc1cc(CNS(=O)(=O)c2ccc(N)cc2)cc(Br)c1O. The Hall–Kier alpha value is -1.77. The molecule has 0 amide bonds. The van der Waals surface area contributed by atoms with Gasteiger partial charge in [-0.2, -0.15) is 0 Å². The normalized spacial score (nSPS) is 11.4. The van der Waals surface area contributed by atoms with Crippen LogP contribution in [0.3, 0.4) is 0 Å². The van der Waals surface area contributed by atoms with Gasteiger partial charge in [0.25, 0.3) is 0 Å². The smallest absolute Gasteiger partial charge is 0.240 e. The number of anilines is 1. The highest BCUT2D eigenvalue weighted by Gasteiger charge is 2.15. The van der Waals surface area contributed by atoms with Crippen LogP contribution in [0.15, 0.2) is 45.8 Å². The summed E-state index contributed by atoms with van der Waals surface area (Å²) in [6.45, 7) is 0.0575. The highest BCUT2D eigenvalue weighted by atomic mass is 79.9. The molecule has 2 aromatic rings. The number of benzene rings is 2. The van der Waals surface area contributed by atoms with Gasteiger partial charge in [-0.05, 0) is 57.9 Å². The average Bonchev–Trinajstić information content (AvgIpc) is 2.49. The fraction of sp³-hybridized carbons (Fsp3) is 0.143. The standard InChI is InChI=1S/C14H15BrN2O4S/c1-21-13-7-9(6-12(15)14(13)18)8-17-22(19,20)11-4-2-10(16)3-5-11/h2-7,17-18H,8,16H2,1H3. The van der Waals surface area contributed by atoms with E-state index in [0.717, 1.165) is 0 Å². The zero-order valence-corrected chi connectivity index (χ0v) is 14.1. The Morgan fingerprint density at radius 1 is 1.27 bits per heavy atom. The number of hydrogen-bond acceptors (Lipinski definition) is 5. The second-order valence-electron chi connectivity index (χ2n) is 4.52. The molecule has 0 saturated heterocycles. The van der Waals surface area contributed by atoms with Crippen LogP contribution in [0.25, 0.3) is 0 Å². The molecule has 0 unspecified atom stereocenters. The van der Waals surface area contributed by atoms with Gasteiger partial charge in [0.15, 0.2) is 11.5 Å². The number of nitrogen functional groups attached to an aromatic ring is 1. The highest BCUT2D eigenvalue weighted by Crippen LogP contribution is 2.35. The molecule has 22 heavy (non-hydrogen) atoms. The van der Waals surface area contributed by atoms with Crippen LogP contribution < -0.4 is 15.2 Å². The number of methoxy groups -OCH3 is 1. The summed E-state index contributed by atoms with van der Waals surface area (Å²) in [4.78, 5) is 0.131. The number of sulfonamides is 1. The molecule has 0 saturated carbocycles. The first kappa shape index (κ1) is 16.6. The molecule has 4 N–H and O–H groups in total. The second kappa shape index (κ2) is 6.55. The van der Waals surface area contributed by atoms with E-state index in [1.54, 1.807) is 12.1 Å². The maximum atomic E-state index is 12.2. The van der Waals surface area contributed by atoms with Crippen LogP contribution >= 0.6 is 15.9 Å². The Balaban J connectivity index is 2.19. The van der Waals surface area contributed by atoms with E-state index >= 15 is 0 Å². The van der Waals surface area contributed by atoms with E-state index < -0.39 is 10.0 Å². The number of phenolic OH excluding ortho intramolecular Hbond substituents is 1. The van der Waals surface area contributed by atoms with E-state index in [4.69, 9.17) is 10.5 Å². The number of ether oxygens (including phenoxy) is 1. The van der Waals surface area contributed by atoms with Crippen LogP contribution in [0.1, 0.15) is 5.56 Å². The summed E-state index contributed by atoms with van der Waals surface area (Å²) in [5.74, 6) is 0.226. The Kier molecular flexibility index (Phi) is 4.94. The molecule has 0 atom stereocenters. The van der Waals surface area contributed by atoms with Gasteiger partial charge in [0.1, 0.15) is 0 Å². The van der Waals surface area contributed by atoms with E-state index in [1.165, 1.54) is 31.4 Å². The minimum atomic E-state index is -3.64. The molecular formula is C14H15BrN2O4S. The molecule has 0 aromatic heterocycles. The van der Waals surface area contributed by atoms with Gasteiger partial charge < -0.3 is 15.6 Å². The molecule has 8 heteroatoms. The minimum Gasteiger partial charge on any atom is -0.503 e. The first-order valence-corrected chi connectivity index (χ1v) is 8.51. The number of nitrogens with two attached hydrogens (primary N) is 1. The molecule has 6 nitrogen and oxygen atoms in total. The Bertz CT molecular complexity index is 776. The van der Waals surface area contributed by atoms with Crippen molar-refractivity contribution in [2.24, 2.45) is 0 Å². The predicted molar refractivity (Wildman–Crippen MR) is 87.2 cm³/mol. The van der Waals surface area contributed by atoms with Crippen molar-refractivity contribution in [3.8, 4) is 11.5 Å². The van der Waals surface area contributed by atoms with Gasteiger partial charge in [-0.1, -0.05) is 0 Å². The van der Waals surface area contributed by atoms with E-state index in [-0.39, 0.29) is 22.9 Å². The summed E-state index contributed by atoms with van der Waals surface area (Å²) in [7, 11) is -2.22. The Morgan fingerprint density at radius 3 is 2.50 bits per heavy atom. The lowest BCUT2D eigenvalue weighted by molar-refractivity contribution is 0.371. The van der Waals surface area contributed by atoms with Crippen molar-refractivity contribution >= 4 is 31.6 Å². The average molecular weight is 387 g/mol. The molecule has 0 heterocycles. The fourth-order valence-electron chi connectivity index (χ4n) is 1.79. The summed E-state index contributed by atoms with van der Waals surface area (Å²) in [5, 5.41) is 9.73. The van der Waals surface area contributed by atoms with Crippen LogP contribution in [0, 0.1) is 0 Å². The molecule has 0 aliphatic carbocycles. The van der Waals surface area contributed by atoms with Gasteiger partial charge in [0.2, 0.25) is 10.0 Å². The van der Waals surface area contributed by atoms with Crippen LogP contribution in [-0.4, -0.2) is 20.6 Å². The molecule has 2 rings (SSSR count). The van der Waals surface area contributed by atoms with Gasteiger partial charge in [0, 0.05) is 12.2 Å². The highest BCUT2D eigenvalue weighted by molar-refractivity contribution is 9.10. The van der Waals surface area contributed by atoms with Crippen molar-refractivity contribution in [3.63, 3.8) is 0 Å². The van der Waals surface area contributed by atoms with Gasteiger partial charge >= 0.3 is 0 Å².